The number of allylic oxidation sites excluding steroid dienone is 3. The molecule has 0 heteroatoms. The number of hydrogen-bond acceptors (Lipinski definition) is 0. The number of rotatable bonds is 3. The van der Waals surface area contributed by atoms with Crippen LogP contribution >= 0.6 is 0 Å². The van der Waals surface area contributed by atoms with Crippen LogP contribution in [0.3, 0.4) is 0 Å². The van der Waals surface area contributed by atoms with Crippen LogP contribution in [0, 0.1) is 12.5 Å². The Hall–Kier alpha value is -0.520. The van der Waals surface area contributed by atoms with Gasteiger partial charge in [-0.2, -0.15) is 0 Å². The molecule has 0 N–H and O–H groups in total. The van der Waals surface area contributed by atoms with Crippen molar-refractivity contribution >= 4 is 0 Å². The van der Waals surface area contributed by atoms with Gasteiger partial charge in [0.2, 0.25) is 0 Å². The Morgan fingerprint density at radius 1 is 1.56 bits per heavy atom. The van der Waals surface area contributed by atoms with Gasteiger partial charge in [0.1, 0.15) is 0 Å². The van der Waals surface area contributed by atoms with Crippen molar-refractivity contribution in [1.29, 1.82) is 0 Å². The summed E-state index contributed by atoms with van der Waals surface area (Å²) in [5.74, 6) is 0.737. The first-order valence-corrected chi connectivity index (χ1v) is 3.38. The van der Waals surface area contributed by atoms with E-state index in [0.717, 1.165) is 17.9 Å². The first kappa shape index (κ1) is 8.48. The van der Waals surface area contributed by atoms with Crippen LogP contribution < -0.4 is 0 Å². The Labute approximate surface area is 58.3 Å². The summed E-state index contributed by atoms with van der Waals surface area (Å²) in [4.78, 5) is 0. The van der Waals surface area contributed by atoms with Crippen LogP contribution in [0.15, 0.2) is 17.7 Å². The predicted octanol–water partition coefficient (Wildman–Crippen LogP) is 2.97. The summed E-state index contributed by atoms with van der Waals surface area (Å²) in [6.45, 7) is 11.7. The fraction of sp³-hybridized carbons (Fsp3) is 0.556. The lowest BCUT2D eigenvalue weighted by molar-refractivity contribution is 0.663. The maximum absolute atomic E-state index is 5.41. The van der Waals surface area contributed by atoms with E-state index < -0.39 is 0 Å². The van der Waals surface area contributed by atoms with Gasteiger partial charge in [0.15, 0.2) is 0 Å². The molecule has 0 aromatic carbocycles. The van der Waals surface area contributed by atoms with E-state index in [-0.39, 0.29) is 0 Å². The highest BCUT2D eigenvalue weighted by atomic mass is 13.9. The van der Waals surface area contributed by atoms with Gasteiger partial charge in [-0.1, -0.05) is 38.2 Å². The zero-order chi connectivity index (χ0) is 7.28. The lowest BCUT2D eigenvalue weighted by atomic mass is 10.1. The second-order valence-electron chi connectivity index (χ2n) is 2.78. The van der Waals surface area contributed by atoms with Crippen LogP contribution in [-0.2, 0) is 0 Å². The van der Waals surface area contributed by atoms with Crippen molar-refractivity contribution in [1.82, 2.24) is 0 Å². The Balaban J connectivity index is 3.36. The molecule has 0 rings (SSSR count). The Morgan fingerprint density at radius 3 is 2.44 bits per heavy atom. The Bertz CT molecular complexity index is 107. The van der Waals surface area contributed by atoms with Gasteiger partial charge in [0, 0.05) is 0 Å². The highest BCUT2D eigenvalue weighted by Crippen LogP contribution is 2.01. The molecule has 0 unspecified atom stereocenters. The molecule has 0 heterocycles. The smallest absolute Gasteiger partial charge is 0.0324 e. The van der Waals surface area contributed by atoms with Crippen molar-refractivity contribution in [3.8, 4) is 0 Å². The molecule has 0 aliphatic carbocycles. The molecule has 0 atom stereocenters. The average Bonchev–Trinajstić information content (AvgIpc) is 1.63. The predicted molar refractivity (Wildman–Crippen MR) is 42.1 cm³/mol. The van der Waals surface area contributed by atoms with Crippen LogP contribution in [0.5, 0.6) is 0 Å². The zero-order valence-electron chi connectivity index (χ0n) is 6.52. The zero-order valence-corrected chi connectivity index (χ0v) is 6.52. The second kappa shape index (κ2) is 4.37. The first-order chi connectivity index (χ1) is 4.13. The summed E-state index contributed by atoms with van der Waals surface area (Å²) in [6, 6.07) is 0. The fourth-order valence-corrected chi connectivity index (χ4v) is 0.526. The quantitative estimate of drug-likeness (QED) is 0.506. The molecule has 0 aromatic rings. The molecule has 0 amide bonds. The van der Waals surface area contributed by atoms with Crippen molar-refractivity contribution in [2.75, 3.05) is 0 Å². The van der Waals surface area contributed by atoms with Gasteiger partial charge in [0.05, 0.1) is 0 Å². The lowest BCUT2D eigenvalue weighted by Gasteiger charge is -1.95. The van der Waals surface area contributed by atoms with Gasteiger partial charge >= 0.3 is 0 Å². The maximum atomic E-state index is 5.41. The van der Waals surface area contributed by atoms with E-state index in [1.165, 1.54) is 0 Å². The summed E-state index contributed by atoms with van der Waals surface area (Å²) >= 11 is 0. The molecule has 9 heavy (non-hydrogen) atoms. The van der Waals surface area contributed by atoms with Crippen LogP contribution in [0.1, 0.15) is 27.2 Å². The normalized spacial score (nSPS) is 11.1. The standard InChI is InChI=1S/C9H15/c1-8(2)6-5-7-9(3)4/h1,5-6,9H,7H2,2-4H3/b6-5+,8-1?. The van der Waals surface area contributed by atoms with Gasteiger partial charge in [-0.25, -0.2) is 0 Å². The monoisotopic (exact) mass is 123 g/mol. The molecule has 0 fully saturated rings. The van der Waals surface area contributed by atoms with Crippen LogP contribution in [0.25, 0.3) is 0 Å². The van der Waals surface area contributed by atoms with Gasteiger partial charge in [-0.3, -0.25) is 0 Å². The third kappa shape index (κ3) is 7.48. The topological polar surface area (TPSA) is 0 Å². The fourth-order valence-electron chi connectivity index (χ4n) is 0.526. The van der Waals surface area contributed by atoms with Crippen LogP contribution in [0.2, 0.25) is 0 Å². The number of hydrogen-bond donors (Lipinski definition) is 0. The van der Waals surface area contributed by atoms with E-state index in [1.807, 2.05) is 13.0 Å². The summed E-state index contributed by atoms with van der Waals surface area (Å²) in [6.07, 6.45) is 5.19. The molecule has 0 saturated heterocycles. The molecule has 0 aliphatic heterocycles. The molecule has 0 aromatic heterocycles. The Kier molecular flexibility index (Phi) is 4.12. The molecular weight excluding hydrogens is 108 g/mol. The molecule has 1 radical (unpaired) electrons. The van der Waals surface area contributed by atoms with Crippen molar-refractivity contribution in [2.45, 2.75) is 27.2 Å². The summed E-state index contributed by atoms with van der Waals surface area (Å²) in [5.41, 5.74) is 0.885. The lowest BCUT2D eigenvalue weighted by Crippen LogP contribution is -1.80. The first-order valence-electron chi connectivity index (χ1n) is 3.38. The molecule has 51 valence electrons. The van der Waals surface area contributed by atoms with Crippen molar-refractivity contribution in [2.24, 2.45) is 5.92 Å². The van der Waals surface area contributed by atoms with Crippen molar-refractivity contribution in [3.63, 3.8) is 0 Å². The summed E-state index contributed by atoms with van der Waals surface area (Å²) in [5, 5.41) is 0. The third-order valence-electron chi connectivity index (χ3n) is 0.988. The second-order valence-corrected chi connectivity index (χ2v) is 2.78. The van der Waals surface area contributed by atoms with E-state index in [2.05, 4.69) is 19.9 Å². The molecule has 0 nitrogen and oxygen atoms in total. The molecule has 0 bridgehead atoms. The van der Waals surface area contributed by atoms with E-state index in [0.29, 0.717) is 0 Å². The van der Waals surface area contributed by atoms with E-state index in [9.17, 15) is 0 Å². The minimum atomic E-state index is 0.737. The van der Waals surface area contributed by atoms with E-state index in [1.54, 1.807) is 0 Å². The van der Waals surface area contributed by atoms with Crippen molar-refractivity contribution in [3.05, 3.63) is 24.3 Å². The van der Waals surface area contributed by atoms with Gasteiger partial charge in [0.25, 0.3) is 0 Å². The molecule has 0 aliphatic rings. The highest BCUT2D eigenvalue weighted by Gasteiger charge is 1.85. The minimum Gasteiger partial charge on any atom is -0.0840 e. The summed E-state index contributed by atoms with van der Waals surface area (Å²) in [7, 11) is 0. The van der Waals surface area contributed by atoms with Gasteiger partial charge in [-0.15, -0.1) is 0 Å². The SMILES string of the molecule is [CH]=C(C)/C=C/CC(C)C. The largest absolute Gasteiger partial charge is 0.0840 e. The van der Waals surface area contributed by atoms with Crippen molar-refractivity contribution < 1.29 is 0 Å². The average molecular weight is 123 g/mol. The van der Waals surface area contributed by atoms with E-state index >= 15 is 0 Å². The van der Waals surface area contributed by atoms with E-state index in [4.69, 9.17) is 6.58 Å². The maximum Gasteiger partial charge on any atom is -0.0324 e. The third-order valence-corrected chi connectivity index (χ3v) is 0.988. The molecule has 0 spiro atoms. The highest BCUT2D eigenvalue weighted by molar-refractivity contribution is 5.08. The Morgan fingerprint density at radius 2 is 2.11 bits per heavy atom. The minimum absolute atomic E-state index is 0.737. The van der Waals surface area contributed by atoms with Crippen LogP contribution in [0.4, 0.5) is 0 Å². The van der Waals surface area contributed by atoms with Crippen LogP contribution in [-0.4, -0.2) is 0 Å². The molecular formula is C9H15. The molecule has 0 saturated carbocycles. The van der Waals surface area contributed by atoms with Gasteiger partial charge in [-0.05, 0) is 19.3 Å². The summed E-state index contributed by atoms with van der Waals surface area (Å²) < 4.78 is 0. The van der Waals surface area contributed by atoms with Gasteiger partial charge < -0.3 is 0 Å².